The minimum absolute atomic E-state index is 0.0358. The Bertz CT molecular complexity index is 577. The molecule has 0 unspecified atom stereocenters. The first-order valence-corrected chi connectivity index (χ1v) is 6.95. The molecule has 94 valence electrons. The van der Waals surface area contributed by atoms with Gasteiger partial charge in [0, 0.05) is 32.4 Å². The predicted molar refractivity (Wildman–Crippen MR) is 77.6 cm³/mol. The number of rotatable bonds is 4. The topological polar surface area (TPSA) is 43.1 Å². The predicted octanol–water partition coefficient (Wildman–Crippen LogP) is 3.97. The second-order valence-corrected chi connectivity index (χ2v) is 5.74. The molecule has 1 heterocycles. The average molecular weight is 280 g/mol. The Hall–Kier alpha value is -1.32. The molecule has 2 nitrogen and oxygen atoms in total. The molecule has 2 N–H and O–H groups in total. The van der Waals surface area contributed by atoms with Crippen LogP contribution in [-0.4, -0.2) is 5.78 Å². The molecule has 0 aliphatic rings. The first-order chi connectivity index (χ1) is 8.60. The van der Waals surface area contributed by atoms with E-state index in [4.69, 9.17) is 17.3 Å². The van der Waals surface area contributed by atoms with Gasteiger partial charge in [0.1, 0.15) is 0 Å². The largest absolute Gasteiger partial charge is 0.398 e. The van der Waals surface area contributed by atoms with Gasteiger partial charge in [0.15, 0.2) is 5.78 Å². The number of hydrogen-bond donors (Lipinski definition) is 1. The molecule has 0 amide bonds. The summed E-state index contributed by atoms with van der Waals surface area (Å²) in [6.45, 7) is 2.11. The van der Waals surface area contributed by atoms with E-state index in [-0.39, 0.29) is 5.78 Å². The molecule has 0 aliphatic heterocycles. The second-order valence-electron chi connectivity index (χ2n) is 4.05. The van der Waals surface area contributed by atoms with E-state index in [1.165, 1.54) is 4.88 Å². The number of aryl methyl sites for hydroxylation is 1. The fourth-order valence-corrected chi connectivity index (χ4v) is 2.89. The molecule has 1 aromatic carbocycles. The summed E-state index contributed by atoms with van der Waals surface area (Å²) >= 11 is 7.49. The molecule has 0 fully saturated rings. The smallest absolute Gasteiger partial charge is 0.170 e. The van der Waals surface area contributed by atoms with Gasteiger partial charge in [-0.25, -0.2) is 0 Å². The van der Waals surface area contributed by atoms with Gasteiger partial charge >= 0.3 is 0 Å². The fourth-order valence-electron chi connectivity index (χ4n) is 1.75. The summed E-state index contributed by atoms with van der Waals surface area (Å²) in [7, 11) is 0. The van der Waals surface area contributed by atoms with Crippen LogP contribution < -0.4 is 5.73 Å². The highest BCUT2D eigenvalue weighted by atomic mass is 35.5. The number of benzene rings is 1. The van der Waals surface area contributed by atoms with Crippen LogP contribution in [0.5, 0.6) is 0 Å². The van der Waals surface area contributed by atoms with Crippen LogP contribution in [0.2, 0.25) is 5.02 Å². The first kappa shape index (κ1) is 13.1. The summed E-state index contributed by atoms with van der Waals surface area (Å²) in [4.78, 5) is 14.5. The summed E-state index contributed by atoms with van der Waals surface area (Å²) in [5.41, 5.74) is 6.80. The number of anilines is 1. The lowest BCUT2D eigenvalue weighted by atomic mass is 10.1. The minimum Gasteiger partial charge on any atom is -0.398 e. The van der Waals surface area contributed by atoms with E-state index in [0.717, 1.165) is 11.3 Å². The molecule has 4 heteroatoms. The van der Waals surface area contributed by atoms with Crippen molar-refractivity contribution in [1.29, 1.82) is 0 Å². The Balaban J connectivity index is 2.16. The van der Waals surface area contributed by atoms with Gasteiger partial charge < -0.3 is 5.73 Å². The maximum atomic E-state index is 12.1. The monoisotopic (exact) mass is 279 g/mol. The number of nitrogen functional groups attached to an aromatic ring is 1. The molecule has 0 spiro atoms. The average Bonchev–Trinajstić information content (AvgIpc) is 2.76. The SMILES string of the molecule is CCc1ccc(CC(=O)c2ccc(Cl)cc2N)s1. The van der Waals surface area contributed by atoms with Gasteiger partial charge in [-0.2, -0.15) is 0 Å². The molecule has 2 aromatic rings. The highest BCUT2D eigenvalue weighted by molar-refractivity contribution is 7.12. The lowest BCUT2D eigenvalue weighted by Crippen LogP contribution is -2.06. The number of thiophene rings is 1. The second kappa shape index (κ2) is 5.55. The molecule has 0 aliphatic carbocycles. The van der Waals surface area contributed by atoms with Gasteiger partial charge in [-0.1, -0.05) is 18.5 Å². The summed E-state index contributed by atoms with van der Waals surface area (Å²) in [6, 6.07) is 9.07. The van der Waals surface area contributed by atoms with E-state index in [1.807, 2.05) is 6.07 Å². The van der Waals surface area contributed by atoms with Crippen molar-refractivity contribution in [2.45, 2.75) is 19.8 Å². The van der Waals surface area contributed by atoms with E-state index >= 15 is 0 Å². The number of hydrogen-bond acceptors (Lipinski definition) is 3. The van der Waals surface area contributed by atoms with Gasteiger partial charge in [0.25, 0.3) is 0 Å². The van der Waals surface area contributed by atoms with E-state index in [1.54, 1.807) is 29.5 Å². The van der Waals surface area contributed by atoms with Crippen molar-refractivity contribution in [2.75, 3.05) is 5.73 Å². The van der Waals surface area contributed by atoms with Crippen LogP contribution in [0.3, 0.4) is 0 Å². The maximum absolute atomic E-state index is 12.1. The van der Waals surface area contributed by atoms with Crippen LogP contribution in [-0.2, 0) is 12.8 Å². The Kier molecular flexibility index (Phi) is 4.04. The summed E-state index contributed by atoms with van der Waals surface area (Å²) in [5.74, 6) is 0.0358. The Morgan fingerprint density at radius 3 is 2.61 bits per heavy atom. The lowest BCUT2D eigenvalue weighted by molar-refractivity contribution is 0.0994. The summed E-state index contributed by atoms with van der Waals surface area (Å²) < 4.78 is 0. The van der Waals surface area contributed by atoms with Gasteiger partial charge in [0.2, 0.25) is 0 Å². The Labute approximate surface area is 115 Å². The van der Waals surface area contributed by atoms with Crippen LogP contribution in [0, 0.1) is 0 Å². The van der Waals surface area contributed by atoms with Crippen molar-refractivity contribution in [1.82, 2.24) is 0 Å². The van der Waals surface area contributed by atoms with E-state index in [2.05, 4.69) is 13.0 Å². The number of ketones is 1. The van der Waals surface area contributed by atoms with Crippen molar-refractivity contribution in [3.8, 4) is 0 Å². The van der Waals surface area contributed by atoms with Crippen LogP contribution in [0.4, 0.5) is 5.69 Å². The van der Waals surface area contributed by atoms with Crippen molar-refractivity contribution in [3.05, 3.63) is 50.7 Å². The first-order valence-electron chi connectivity index (χ1n) is 5.76. The zero-order valence-electron chi connectivity index (χ0n) is 10.1. The molecule has 1 aromatic heterocycles. The third-order valence-electron chi connectivity index (χ3n) is 2.71. The van der Waals surface area contributed by atoms with E-state index in [9.17, 15) is 4.79 Å². The molecule has 0 atom stereocenters. The molecule has 0 saturated heterocycles. The molecule has 2 rings (SSSR count). The number of halogens is 1. The van der Waals surface area contributed by atoms with E-state index in [0.29, 0.717) is 22.7 Å². The van der Waals surface area contributed by atoms with Crippen LogP contribution >= 0.6 is 22.9 Å². The van der Waals surface area contributed by atoms with Gasteiger partial charge in [-0.15, -0.1) is 11.3 Å². The number of carbonyl (C=O) groups excluding carboxylic acids is 1. The zero-order chi connectivity index (χ0) is 13.1. The standard InChI is InChI=1S/C14H14ClNOS/c1-2-10-4-5-11(18-10)8-14(17)12-6-3-9(15)7-13(12)16/h3-7H,2,8,16H2,1H3. The fraction of sp³-hybridized carbons (Fsp3) is 0.214. The third-order valence-corrected chi connectivity index (χ3v) is 4.18. The number of nitrogens with two attached hydrogens (primary N) is 1. The molecular formula is C14H14ClNOS. The van der Waals surface area contributed by atoms with Crippen molar-refractivity contribution >= 4 is 34.4 Å². The summed E-state index contributed by atoms with van der Waals surface area (Å²) in [6.07, 6.45) is 1.40. The third kappa shape index (κ3) is 2.92. The van der Waals surface area contributed by atoms with E-state index < -0.39 is 0 Å². The molecule has 0 radical (unpaired) electrons. The van der Waals surface area contributed by atoms with Crippen molar-refractivity contribution in [3.63, 3.8) is 0 Å². The van der Waals surface area contributed by atoms with Crippen LogP contribution in [0.25, 0.3) is 0 Å². The minimum atomic E-state index is 0.0358. The highest BCUT2D eigenvalue weighted by Gasteiger charge is 2.12. The van der Waals surface area contributed by atoms with Gasteiger partial charge in [-0.3, -0.25) is 4.79 Å². The molecule has 18 heavy (non-hydrogen) atoms. The molecular weight excluding hydrogens is 266 g/mol. The maximum Gasteiger partial charge on any atom is 0.170 e. The zero-order valence-corrected chi connectivity index (χ0v) is 11.6. The quantitative estimate of drug-likeness (QED) is 0.680. The highest BCUT2D eigenvalue weighted by Crippen LogP contribution is 2.22. The van der Waals surface area contributed by atoms with Gasteiger partial charge in [0.05, 0.1) is 0 Å². The Morgan fingerprint density at radius 1 is 1.28 bits per heavy atom. The number of Topliss-reactive ketones (excluding diaryl/α,β-unsaturated/α-hetero) is 1. The molecule has 0 saturated carbocycles. The lowest BCUT2D eigenvalue weighted by Gasteiger charge is -2.04. The number of carbonyl (C=O) groups is 1. The van der Waals surface area contributed by atoms with Crippen molar-refractivity contribution < 1.29 is 4.79 Å². The normalized spacial score (nSPS) is 10.6. The van der Waals surface area contributed by atoms with Gasteiger partial charge in [-0.05, 0) is 36.8 Å². The van der Waals surface area contributed by atoms with Crippen LogP contribution in [0.1, 0.15) is 27.0 Å². The Morgan fingerprint density at radius 2 is 2.00 bits per heavy atom. The van der Waals surface area contributed by atoms with Crippen LogP contribution in [0.15, 0.2) is 30.3 Å². The molecule has 0 bridgehead atoms. The summed E-state index contributed by atoms with van der Waals surface area (Å²) in [5, 5.41) is 0.549. The van der Waals surface area contributed by atoms with Crippen molar-refractivity contribution in [2.24, 2.45) is 0 Å².